The van der Waals surface area contributed by atoms with Crippen molar-refractivity contribution in [3.8, 4) is 0 Å². The fraction of sp³-hybridized carbons (Fsp3) is 0.389. The van der Waals surface area contributed by atoms with Crippen molar-refractivity contribution in [3.05, 3.63) is 53.9 Å². The number of nitrogens with zero attached hydrogens (tertiary/aromatic N) is 5. The Morgan fingerprint density at radius 3 is 2.74 bits per heavy atom. The van der Waals surface area contributed by atoms with E-state index in [0.29, 0.717) is 6.04 Å². The van der Waals surface area contributed by atoms with Crippen molar-refractivity contribution in [1.29, 1.82) is 0 Å². The fourth-order valence-corrected chi connectivity index (χ4v) is 3.42. The van der Waals surface area contributed by atoms with Crippen LogP contribution < -0.4 is 0 Å². The quantitative estimate of drug-likeness (QED) is 0.730. The highest BCUT2D eigenvalue weighted by Gasteiger charge is 2.20. The molecule has 1 aliphatic rings. The van der Waals surface area contributed by atoms with Crippen LogP contribution in [0.15, 0.2) is 36.8 Å². The maximum atomic E-state index is 4.64. The third kappa shape index (κ3) is 2.72. The number of rotatable bonds is 2. The van der Waals surface area contributed by atoms with E-state index >= 15 is 0 Å². The number of benzene rings is 1. The highest BCUT2D eigenvalue weighted by Crippen LogP contribution is 2.24. The smallest absolute Gasteiger partial charge is 0.110 e. The van der Waals surface area contributed by atoms with Crippen molar-refractivity contribution >= 4 is 11.0 Å². The van der Waals surface area contributed by atoms with Crippen molar-refractivity contribution in [1.82, 2.24) is 24.4 Å². The number of hydrogen-bond donors (Lipinski definition) is 0. The first-order chi connectivity index (χ1) is 11.2. The molecule has 1 atom stereocenters. The van der Waals surface area contributed by atoms with Crippen molar-refractivity contribution in [3.63, 3.8) is 0 Å². The van der Waals surface area contributed by atoms with Crippen LogP contribution in [-0.2, 0) is 13.0 Å². The van der Waals surface area contributed by atoms with Gasteiger partial charge in [0, 0.05) is 50.7 Å². The molecule has 5 heteroatoms. The molecule has 3 aromatic rings. The minimum atomic E-state index is 0.368. The van der Waals surface area contributed by atoms with Crippen LogP contribution in [0.2, 0.25) is 0 Å². The maximum Gasteiger partial charge on any atom is 0.110 e. The first-order valence-electron chi connectivity index (χ1n) is 8.18. The Labute approximate surface area is 136 Å². The van der Waals surface area contributed by atoms with Crippen molar-refractivity contribution in [2.75, 3.05) is 13.1 Å². The Morgan fingerprint density at radius 2 is 1.87 bits per heavy atom. The van der Waals surface area contributed by atoms with Gasteiger partial charge in [-0.25, -0.2) is 4.98 Å². The molecule has 1 unspecified atom stereocenters. The van der Waals surface area contributed by atoms with E-state index < -0.39 is 0 Å². The second-order valence-electron chi connectivity index (χ2n) is 6.26. The maximum absolute atomic E-state index is 4.64. The van der Waals surface area contributed by atoms with E-state index in [1.54, 1.807) is 12.4 Å². The van der Waals surface area contributed by atoms with Crippen LogP contribution in [0.1, 0.15) is 30.0 Å². The van der Waals surface area contributed by atoms with Gasteiger partial charge in [-0.2, -0.15) is 0 Å². The molecule has 0 radical (unpaired) electrons. The monoisotopic (exact) mass is 307 g/mol. The van der Waals surface area contributed by atoms with Crippen LogP contribution in [-0.4, -0.2) is 37.5 Å². The van der Waals surface area contributed by atoms with E-state index in [-0.39, 0.29) is 0 Å². The van der Waals surface area contributed by atoms with Gasteiger partial charge >= 0.3 is 0 Å². The predicted octanol–water partition coefficient (Wildman–Crippen LogP) is 2.75. The molecule has 23 heavy (non-hydrogen) atoms. The summed E-state index contributed by atoms with van der Waals surface area (Å²) >= 11 is 0. The molecule has 2 aromatic heterocycles. The Kier molecular flexibility index (Phi) is 3.58. The molecule has 0 saturated heterocycles. The molecule has 1 aromatic carbocycles. The molecule has 3 heterocycles. The fourth-order valence-electron chi connectivity index (χ4n) is 3.42. The molecule has 0 bridgehead atoms. The van der Waals surface area contributed by atoms with E-state index in [4.69, 9.17) is 0 Å². The molecule has 0 amide bonds. The zero-order valence-corrected chi connectivity index (χ0v) is 13.6. The lowest BCUT2D eigenvalue weighted by Crippen LogP contribution is -2.30. The average Bonchev–Trinajstić information content (AvgIpc) is 2.82. The van der Waals surface area contributed by atoms with Crippen molar-refractivity contribution in [2.24, 2.45) is 0 Å². The van der Waals surface area contributed by atoms with Crippen molar-refractivity contribution < 1.29 is 0 Å². The van der Waals surface area contributed by atoms with Crippen LogP contribution >= 0.6 is 0 Å². The minimum Gasteiger partial charge on any atom is -0.333 e. The molecule has 4 rings (SSSR count). The Bertz CT molecular complexity index is 813. The molecule has 0 fully saturated rings. The molecule has 0 N–H and O–H groups in total. The minimum absolute atomic E-state index is 0.368. The predicted molar refractivity (Wildman–Crippen MR) is 90.2 cm³/mol. The summed E-state index contributed by atoms with van der Waals surface area (Å²) < 4.78 is 2.30. The van der Waals surface area contributed by atoms with Crippen LogP contribution in [0, 0.1) is 6.92 Å². The molecule has 0 saturated carbocycles. The molecule has 0 spiro atoms. The van der Waals surface area contributed by atoms with Gasteiger partial charge in [0.05, 0.1) is 16.7 Å². The normalized spacial score (nSPS) is 17.0. The zero-order valence-electron chi connectivity index (χ0n) is 13.6. The van der Waals surface area contributed by atoms with Crippen LogP contribution in [0.3, 0.4) is 0 Å². The number of aromatic nitrogens is 4. The van der Waals surface area contributed by atoms with Gasteiger partial charge in [0.15, 0.2) is 0 Å². The molecule has 1 aliphatic heterocycles. The van der Waals surface area contributed by atoms with Crippen molar-refractivity contribution in [2.45, 2.75) is 32.9 Å². The van der Waals surface area contributed by atoms with Gasteiger partial charge in [0.1, 0.15) is 5.82 Å². The topological polar surface area (TPSA) is 46.8 Å². The van der Waals surface area contributed by atoms with E-state index in [2.05, 4.69) is 62.7 Å². The zero-order chi connectivity index (χ0) is 15.8. The summed E-state index contributed by atoms with van der Waals surface area (Å²) in [6.45, 7) is 7.43. The van der Waals surface area contributed by atoms with E-state index in [1.807, 2.05) is 0 Å². The summed E-state index contributed by atoms with van der Waals surface area (Å²) in [5.41, 5.74) is 4.34. The second kappa shape index (κ2) is 5.74. The molecule has 118 valence electrons. The Hall–Kier alpha value is -2.27. The van der Waals surface area contributed by atoms with E-state index in [9.17, 15) is 0 Å². The summed E-state index contributed by atoms with van der Waals surface area (Å²) in [4.78, 5) is 15.9. The molecular formula is C18H21N5. The first-order valence-corrected chi connectivity index (χ1v) is 8.18. The standard InChI is InChI=1S/C18H21N5/c1-13-12-23-10-9-22(8-5-18(23)21-13)14(2)15-3-4-16-17(11-15)20-7-6-19-16/h3-4,6-7,11-12,14H,5,8-10H2,1-2H3. The van der Waals surface area contributed by atoms with Crippen LogP contribution in [0.25, 0.3) is 11.0 Å². The average molecular weight is 307 g/mol. The number of aryl methyl sites for hydroxylation is 1. The van der Waals surface area contributed by atoms with Gasteiger partial charge in [-0.1, -0.05) is 6.07 Å². The number of fused-ring (bicyclic) bond motifs is 2. The van der Waals surface area contributed by atoms with Gasteiger partial charge in [-0.3, -0.25) is 14.9 Å². The SMILES string of the molecule is Cc1cn2c(n1)CCN(C(C)c1ccc3nccnc3c1)CC2. The third-order valence-corrected chi connectivity index (χ3v) is 4.75. The van der Waals surface area contributed by atoms with Crippen LogP contribution in [0.5, 0.6) is 0 Å². The summed E-state index contributed by atoms with van der Waals surface area (Å²) in [6, 6.07) is 6.78. The second-order valence-corrected chi connectivity index (χ2v) is 6.26. The first kappa shape index (κ1) is 14.3. The highest BCUT2D eigenvalue weighted by molar-refractivity contribution is 5.74. The lowest BCUT2D eigenvalue weighted by Gasteiger charge is -2.27. The molecule has 0 aliphatic carbocycles. The van der Waals surface area contributed by atoms with Crippen LogP contribution in [0.4, 0.5) is 0 Å². The lowest BCUT2D eigenvalue weighted by atomic mass is 10.1. The molecule has 5 nitrogen and oxygen atoms in total. The van der Waals surface area contributed by atoms with Gasteiger partial charge in [0.2, 0.25) is 0 Å². The van der Waals surface area contributed by atoms with Gasteiger partial charge in [-0.15, -0.1) is 0 Å². The van der Waals surface area contributed by atoms with E-state index in [1.165, 1.54) is 11.4 Å². The number of imidazole rings is 1. The lowest BCUT2D eigenvalue weighted by molar-refractivity contribution is 0.215. The largest absolute Gasteiger partial charge is 0.333 e. The summed E-state index contributed by atoms with van der Waals surface area (Å²) in [7, 11) is 0. The summed E-state index contributed by atoms with van der Waals surface area (Å²) in [5.74, 6) is 1.21. The third-order valence-electron chi connectivity index (χ3n) is 4.75. The summed E-state index contributed by atoms with van der Waals surface area (Å²) in [6.07, 6.45) is 6.66. The molecular weight excluding hydrogens is 286 g/mol. The number of hydrogen-bond acceptors (Lipinski definition) is 4. The summed E-state index contributed by atoms with van der Waals surface area (Å²) in [5, 5.41) is 0. The van der Waals surface area contributed by atoms with Gasteiger partial charge < -0.3 is 4.57 Å². The Morgan fingerprint density at radius 1 is 1.04 bits per heavy atom. The van der Waals surface area contributed by atoms with E-state index in [0.717, 1.165) is 42.8 Å². The van der Waals surface area contributed by atoms with Gasteiger partial charge in [0.25, 0.3) is 0 Å². The van der Waals surface area contributed by atoms with Gasteiger partial charge in [-0.05, 0) is 31.5 Å². The highest BCUT2D eigenvalue weighted by atomic mass is 15.2. The Balaban J connectivity index is 1.56.